The second-order valence-corrected chi connectivity index (χ2v) is 9.24. The second kappa shape index (κ2) is 7.28. The molecule has 10 heteroatoms. The maximum Gasteiger partial charge on any atom is 0.294 e. The molecule has 3 heterocycles. The molecular formula is C16H18N2O6S2. The van der Waals surface area contributed by atoms with Crippen molar-refractivity contribution in [2.24, 2.45) is 0 Å². The Bertz CT molecular complexity index is 859. The zero-order chi connectivity index (χ0) is 18.9. The Hall–Kier alpha value is -2.07. The molecule has 2 saturated heterocycles. The molecule has 1 aromatic heterocycles. The van der Waals surface area contributed by atoms with Crippen molar-refractivity contribution in [2.75, 3.05) is 24.6 Å². The van der Waals surface area contributed by atoms with E-state index in [0.717, 1.165) is 16.7 Å². The van der Waals surface area contributed by atoms with Gasteiger partial charge in [0.05, 0.1) is 22.7 Å². The number of likely N-dealkylation sites (N-methyl/N-ethyl adjacent to an activating group) is 1. The highest BCUT2D eigenvalue weighted by Crippen LogP contribution is 2.32. The van der Waals surface area contributed by atoms with Crippen molar-refractivity contribution in [2.45, 2.75) is 19.4 Å². The lowest BCUT2D eigenvalue weighted by Crippen LogP contribution is -2.47. The van der Waals surface area contributed by atoms with Crippen LogP contribution in [-0.2, 0) is 19.4 Å². The first kappa shape index (κ1) is 18.7. The Morgan fingerprint density at radius 1 is 1.46 bits per heavy atom. The molecule has 26 heavy (non-hydrogen) atoms. The Morgan fingerprint density at radius 3 is 2.81 bits per heavy atom. The Balaban J connectivity index is 1.70. The van der Waals surface area contributed by atoms with Crippen molar-refractivity contribution in [3.8, 4) is 0 Å². The Morgan fingerprint density at radius 2 is 2.23 bits per heavy atom. The van der Waals surface area contributed by atoms with Crippen LogP contribution in [0.3, 0.4) is 0 Å². The van der Waals surface area contributed by atoms with Gasteiger partial charge < -0.3 is 9.32 Å². The summed E-state index contributed by atoms with van der Waals surface area (Å²) in [6.45, 7) is 1.66. The molecule has 1 aromatic rings. The molecule has 2 fully saturated rings. The van der Waals surface area contributed by atoms with Crippen LogP contribution in [0.15, 0.2) is 27.7 Å². The molecule has 0 aliphatic carbocycles. The van der Waals surface area contributed by atoms with Gasteiger partial charge in [-0.15, -0.1) is 0 Å². The van der Waals surface area contributed by atoms with E-state index in [0.29, 0.717) is 18.7 Å². The van der Waals surface area contributed by atoms with E-state index in [4.69, 9.17) is 4.42 Å². The number of hydrogen-bond donors (Lipinski definition) is 0. The van der Waals surface area contributed by atoms with E-state index >= 15 is 0 Å². The van der Waals surface area contributed by atoms with E-state index in [9.17, 15) is 22.8 Å². The van der Waals surface area contributed by atoms with Crippen molar-refractivity contribution in [3.63, 3.8) is 0 Å². The van der Waals surface area contributed by atoms with Gasteiger partial charge in [0.25, 0.3) is 11.1 Å². The van der Waals surface area contributed by atoms with Gasteiger partial charge >= 0.3 is 0 Å². The number of hydrogen-bond acceptors (Lipinski definition) is 7. The number of furan rings is 1. The molecule has 2 aliphatic heterocycles. The molecule has 1 unspecified atom stereocenters. The van der Waals surface area contributed by atoms with E-state index in [1.54, 1.807) is 19.1 Å². The SMILES string of the molecule is CCN(C(=O)CN1C(=O)S/C(=C\c2ccco2)C1=O)C1CCS(=O)(=O)C1. The molecule has 8 nitrogen and oxygen atoms in total. The van der Waals surface area contributed by atoms with Crippen molar-refractivity contribution < 1.29 is 27.2 Å². The van der Waals surface area contributed by atoms with Crippen LogP contribution in [0.5, 0.6) is 0 Å². The van der Waals surface area contributed by atoms with Gasteiger partial charge in [0.15, 0.2) is 9.84 Å². The van der Waals surface area contributed by atoms with E-state index in [1.165, 1.54) is 17.2 Å². The van der Waals surface area contributed by atoms with E-state index in [2.05, 4.69) is 0 Å². The fourth-order valence-electron chi connectivity index (χ4n) is 3.02. The summed E-state index contributed by atoms with van der Waals surface area (Å²) < 4.78 is 28.4. The third-order valence-corrected chi connectivity index (χ3v) is 6.95. The third kappa shape index (κ3) is 3.85. The first-order valence-electron chi connectivity index (χ1n) is 8.09. The second-order valence-electron chi connectivity index (χ2n) is 6.02. The van der Waals surface area contributed by atoms with Gasteiger partial charge in [0.1, 0.15) is 12.3 Å². The highest BCUT2D eigenvalue weighted by atomic mass is 32.2. The molecule has 0 saturated carbocycles. The maximum absolute atomic E-state index is 12.6. The fourth-order valence-corrected chi connectivity index (χ4v) is 5.57. The number of sulfone groups is 1. The molecule has 140 valence electrons. The normalized spacial score (nSPS) is 23.8. The van der Waals surface area contributed by atoms with Crippen LogP contribution < -0.4 is 0 Å². The van der Waals surface area contributed by atoms with Crippen LogP contribution in [0.25, 0.3) is 6.08 Å². The molecule has 3 rings (SSSR count). The number of amides is 3. The van der Waals surface area contributed by atoms with Crippen LogP contribution >= 0.6 is 11.8 Å². The molecule has 0 bridgehead atoms. The summed E-state index contributed by atoms with van der Waals surface area (Å²) in [6, 6.07) is 2.91. The van der Waals surface area contributed by atoms with Gasteiger partial charge in [-0.2, -0.15) is 0 Å². The van der Waals surface area contributed by atoms with Crippen LogP contribution in [-0.4, -0.2) is 65.9 Å². The van der Waals surface area contributed by atoms with E-state index in [-0.39, 0.29) is 16.4 Å². The highest BCUT2D eigenvalue weighted by Gasteiger charge is 2.39. The summed E-state index contributed by atoms with van der Waals surface area (Å²) in [4.78, 5) is 39.6. The average Bonchev–Trinajstić information content (AvgIpc) is 3.26. The summed E-state index contributed by atoms with van der Waals surface area (Å²) in [6.07, 6.45) is 3.28. The summed E-state index contributed by atoms with van der Waals surface area (Å²) >= 11 is 0.745. The lowest BCUT2D eigenvalue weighted by atomic mass is 10.2. The maximum atomic E-state index is 12.6. The van der Waals surface area contributed by atoms with Gasteiger partial charge in [0.2, 0.25) is 5.91 Å². The van der Waals surface area contributed by atoms with Gasteiger partial charge in [-0.05, 0) is 37.2 Å². The van der Waals surface area contributed by atoms with E-state index in [1.807, 2.05) is 0 Å². The molecule has 0 aromatic carbocycles. The topological polar surface area (TPSA) is 105 Å². The lowest BCUT2D eigenvalue weighted by Gasteiger charge is -2.28. The standard InChI is InChI=1S/C16H18N2O6S2/c1-2-17(11-5-7-26(22,23)10-11)14(19)9-18-15(20)13(25-16(18)21)8-12-4-3-6-24-12/h3-4,6,8,11H,2,5,7,9-10H2,1H3/b13-8-. The van der Waals surface area contributed by atoms with E-state index < -0.39 is 39.5 Å². The van der Waals surface area contributed by atoms with Crippen molar-refractivity contribution in [1.82, 2.24) is 9.80 Å². The average molecular weight is 398 g/mol. The summed E-state index contributed by atoms with van der Waals surface area (Å²) in [5, 5.41) is -0.531. The minimum absolute atomic E-state index is 0.0505. The minimum Gasteiger partial charge on any atom is -0.465 e. The Labute approximate surface area is 155 Å². The number of imide groups is 1. The van der Waals surface area contributed by atoms with Gasteiger partial charge in [-0.25, -0.2) is 8.42 Å². The molecule has 0 radical (unpaired) electrons. The first-order valence-corrected chi connectivity index (χ1v) is 10.7. The predicted molar refractivity (Wildman–Crippen MR) is 95.8 cm³/mol. The summed E-state index contributed by atoms with van der Waals surface area (Å²) in [5.74, 6) is -0.578. The zero-order valence-electron chi connectivity index (χ0n) is 14.1. The van der Waals surface area contributed by atoms with Gasteiger partial charge in [-0.3, -0.25) is 19.3 Å². The number of nitrogens with zero attached hydrogens (tertiary/aromatic N) is 2. The molecule has 1 atom stereocenters. The highest BCUT2D eigenvalue weighted by molar-refractivity contribution is 8.18. The zero-order valence-corrected chi connectivity index (χ0v) is 15.7. The summed E-state index contributed by atoms with van der Waals surface area (Å²) in [5.41, 5.74) is 0. The van der Waals surface area contributed by atoms with Crippen LogP contribution in [0.4, 0.5) is 4.79 Å². The molecule has 0 N–H and O–H groups in total. The third-order valence-electron chi connectivity index (χ3n) is 4.29. The Kier molecular flexibility index (Phi) is 5.24. The van der Waals surface area contributed by atoms with Crippen LogP contribution in [0.1, 0.15) is 19.1 Å². The van der Waals surface area contributed by atoms with Gasteiger partial charge in [-0.1, -0.05) is 0 Å². The fraction of sp³-hybridized carbons (Fsp3) is 0.438. The molecule has 2 aliphatic rings. The largest absolute Gasteiger partial charge is 0.465 e. The lowest BCUT2D eigenvalue weighted by molar-refractivity contribution is -0.137. The number of rotatable bonds is 5. The van der Waals surface area contributed by atoms with Crippen LogP contribution in [0, 0.1) is 0 Å². The molecule has 0 spiro atoms. The quantitative estimate of drug-likeness (QED) is 0.690. The number of thioether (sulfide) groups is 1. The number of carbonyl (C=O) groups is 3. The molecule has 3 amide bonds. The molecular weight excluding hydrogens is 380 g/mol. The first-order chi connectivity index (χ1) is 12.3. The number of carbonyl (C=O) groups excluding carboxylic acids is 3. The van der Waals surface area contributed by atoms with Crippen molar-refractivity contribution >= 4 is 44.7 Å². The smallest absolute Gasteiger partial charge is 0.294 e. The van der Waals surface area contributed by atoms with Crippen molar-refractivity contribution in [1.29, 1.82) is 0 Å². The van der Waals surface area contributed by atoms with Gasteiger partial charge in [0, 0.05) is 18.7 Å². The monoisotopic (exact) mass is 398 g/mol. The minimum atomic E-state index is -3.14. The van der Waals surface area contributed by atoms with Crippen molar-refractivity contribution in [3.05, 3.63) is 29.1 Å². The summed E-state index contributed by atoms with van der Waals surface area (Å²) in [7, 11) is -3.14. The van der Waals surface area contributed by atoms with Crippen LogP contribution in [0.2, 0.25) is 0 Å². The predicted octanol–water partition coefficient (Wildman–Crippen LogP) is 1.35.